The summed E-state index contributed by atoms with van der Waals surface area (Å²) in [6.45, 7) is 2.72. The van der Waals surface area contributed by atoms with Crippen molar-refractivity contribution < 1.29 is 14.6 Å². The number of rotatable bonds is 5. The number of nitrogens with zero attached hydrogens (tertiary/aromatic N) is 3. The van der Waals surface area contributed by atoms with E-state index in [-0.39, 0.29) is 6.54 Å². The average molecular weight is 239 g/mol. The van der Waals surface area contributed by atoms with Crippen LogP contribution in [0.15, 0.2) is 12.4 Å². The minimum atomic E-state index is -0.905. The minimum Gasteiger partial charge on any atom is -0.490 e. The van der Waals surface area contributed by atoms with Crippen molar-refractivity contribution in [2.24, 2.45) is 5.92 Å². The highest BCUT2D eigenvalue weighted by atomic mass is 16.5. The highest BCUT2D eigenvalue weighted by Crippen LogP contribution is 2.16. The third kappa shape index (κ3) is 3.45. The second-order valence-corrected chi connectivity index (χ2v) is 4.50. The maximum atomic E-state index is 10.5. The number of hydrogen-bond donors (Lipinski definition) is 1. The van der Waals surface area contributed by atoms with E-state index in [0.29, 0.717) is 18.3 Å². The normalized spacial score (nSPS) is 20.6. The lowest BCUT2D eigenvalue weighted by Crippen LogP contribution is -2.17. The van der Waals surface area contributed by atoms with Crippen molar-refractivity contribution in [3.63, 3.8) is 0 Å². The van der Waals surface area contributed by atoms with Crippen molar-refractivity contribution in [1.29, 1.82) is 0 Å². The molecule has 0 saturated carbocycles. The summed E-state index contributed by atoms with van der Waals surface area (Å²) in [5.74, 6) is 0.292. The molecule has 0 aromatic carbocycles. The molecule has 0 spiro atoms. The maximum absolute atomic E-state index is 10.5. The van der Waals surface area contributed by atoms with Gasteiger partial charge in [0.2, 0.25) is 0 Å². The van der Waals surface area contributed by atoms with Crippen molar-refractivity contribution >= 4 is 5.97 Å². The summed E-state index contributed by atoms with van der Waals surface area (Å²) in [6.07, 6.45) is 4.33. The monoisotopic (exact) mass is 239 g/mol. The van der Waals surface area contributed by atoms with E-state index in [0.717, 1.165) is 19.5 Å². The lowest BCUT2D eigenvalue weighted by molar-refractivity contribution is -0.137. The third-order valence-electron chi connectivity index (χ3n) is 2.88. The summed E-state index contributed by atoms with van der Waals surface area (Å²) >= 11 is 0. The molecule has 1 aromatic heterocycles. The van der Waals surface area contributed by atoms with Gasteiger partial charge < -0.3 is 14.7 Å². The van der Waals surface area contributed by atoms with Crippen LogP contribution in [0, 0.1) is 5.92 Å². The Hall–Kier alpha value is -1.56. The van der Waals surface area contributed by atoms with Crippen LogP contribution >= 0.6 is 0 Å². The van der Waals surface area contributed by atoms with Gasteiger partial charge in [0.1, 0.15) is 6.54 Å². The van der Waals surface area contributed by atoms with Crippen molar-refractivity contribution in [1.82, 2.24) is 14.7 Å². The minimum absolute atomic E-state index is 0.129. The number of carbonyl (C=O) groups is 1. The highest BCUT2D eigenvalue weighted by molar-refractivity contribution is 5.66. The van der Waals surface area contributed by atoms with Crippen LogP contribution in [-0.4, -0.2) is 52.5 Å². The molecule has 2 heterocycles. The van der Waals surface area contributed by atoms with Gasteiger partial charge in [-0.2, -0.15) is 5.10 Å². The maximum Gasteiger partial charge on any atom is 0.325 e. The second kappa shape index (κ2) is 5.18. The molecular weight excluding hydrogens is 222 g/mol. The van der Waals surface area contributed by atoms with Gasteiger partial charge in [0.15, 0.2) is 5.75 Å². The van der Waals surface area contributed by atoms with E-state index in [9.17, 15) is 4.79 Å². The van der Waals surface area contributed by atoms with E-state index in [4.69, 9.17) is 9.84 Å². The van der Waals surface area contributed by atoms with E-state index in [1.165, 1.54) is 4.68 Å². The van der Waals surface area contributed by atoms with Crippen LogP contribution in [0.4, 0.5) is 0 Å². The smallest absolute Gasteiger partial charge is 0.325 e. The second-order valence-electron chi connectivity index (χ2n) is 4.50. The first-order valence-electron chi connectivity index (χ1n) is 5.69. The van der Waals surface area contributed by atoms with Gasteiger partial charge in [-0.05, 0) is 20.0 Å². The molecule has 1 aromatic rings. The summed E-state index contributed by atoms with van der Waals surface area (Å²) in [4.78, 5) is 12.8. The fourth-order valence-corrected chi connectivity index (χ4v) is 2.02. The average Bonchev–Trinajstić information content (AvgIpc) is 2.84. The van der Waals surface area contributed by atoms with Crippen LogP contribution in [0.5, 0.6) is 5.75 Å². The number of ether oxygens (including phenoxy) is 1. The summed E-state index contributed by atoms with van der Waals surface area (Å²) in [5, 5.41) is 12.5. The van der Waals surface area contributed by atoms with Gasteiger partial charge in [0.05, 0.1) is 19.0 Å². The summed E-state index contributed by atoms with van der Waals surface area (Å²) in [5.41, 5.74) is 0. The Morgan fingerprint density at radius 3 is 3.18 bits per heavy atom. The summed E-state index contributed by atoms with van der Waals surface area (Å²) < 4.78 is 6.96. The molecule has 17 heavy (non-hydrogen) atoms. The van der Waals surface area contributed by atoms with Crippen molar-refractivity contribution in [2.45, 2.75) is 13.0 Å². The Morgan fingerprint density at radius 2 is 2.53 bits per heavy atom. The molecular formula is C11H17N3O3. The quantitative estimate of drug-likeness (QED) is 0.800. The van der Waals surface area contributed by atoms with Crippen molar-refractivity contribution in [3.8, 4) is 5.75 Å². The first-order valence-corrected chi connectivity index (χ1v) is 5.69. The molecule has 1 unspecified atom stereocenters. The first-order chi connectivity index (χ1) is 8.13. The lowest BCUT2D eigenvalue weighted by atomic mass is 10.1. The van der Waals surface area contributed by atoms with E-state index in [2.05, 4.69) is 17.0 Å². The van der Waals surface area contributed by atoms with Crippen LogP contribution in [0.1, 0.15) is 6.42 Å². The van der Waals surface area contributed by atoms with Gasteiger partial charge in [-0.1, -0.05) is 0 Å². The number of carboxylic acids is 1. The van der Waals surface area contributed by atoms with Crippen LogP contribution in [-0.2, 0) is 11.3 Å². The molecule has 1 aliphatic heterocycles. The third-order valence-corrected chi connectivity index (χ3v) is 2.88. The highest BCUT2D eigenvalue weighted by Gasteiger charge is 2.20. The van der Waals surface area contributed by atoms with Crippen LogP contribution in [0.2, 0.25) is 0 Å². The fourth-order valence-electron chi connectivity index (χ4n) is 2.02. The topological polar surface area (TPSA) is 67.6 Å². The number of aliphatic carboxylic acids is 1. The van der Waals surface area contributed by atoms with Gasteiger partial charge in [-0.25, -0.2) is 0 Å². The summed E-state index contributed by atoms with van der Waals surface area (Å²) in [7, 11) is 2.10. The molecule has 2 rings (SSSR count). The van der Waals surface area contributed by atoms with Gasteiger partial charge >= 0.3 is 5.97 Å². The molecule has 6 nitrogen and oxygen atoms in total. The van der Waals surface area contributed by atoms with Gasteiger partial charge in [-0.15, -0.1) is 0 Å². The molecule has 0 radical (unpaired) electrons. The van der Waals surface area contributed by atoms with Crippen LogP contribution in [0.3, 0.4) is 0 Å². The predicted octanol–water partition coefficient (Wildman–Crippen LogP) is 0.298. The SMILES string of the molecule is CN1CCC(COc2cnn(CC(=O)O)c2)C1. The molecule has 0 amide bonds. The molecule has 6 heteroatoms. The van der Waals surface area contributed by atoms with E-state index in [1.807, 2.05) is 0 Å². The van der Waals surface area contributed by atoms with Gasteiger partial charge in [0, 0.05) is 12.5 Å². The van der Waals surface area contributed by atoms with Crippen LogP contribution < -0.4 is 4.74 Å². The van der Waals surface area contributed by atoms with E-state index < -0.39 is 5.97 Å². The van der Waals surface area contributed by atoms with Gasteiger partial charge in [-0.3, -0.25) is 9.48 Å². The Morgan fingerprint density at radius 1 is 1.71 bits per heavy atom. The number of aromatic nitrogens is 2. The molecule has 0 bridgehead atoms. The molecule has 1 atom stereocenters. The largest absolute Gasteiger partial charge is 0.490 e. The Labute approximate surface area is 99.8 Å². The fraction of sp³-hybridized carbons (Fsp3) is 0.636. The van der Waals surface area contributed by atoms with E-state index >= 15 is 0 Å². The zero-order valence-electron chi connectivity index (χ0n) is 9.87. The summed E-state index contributed by atoms with van der Waals surface area (Å²) in [6, 6.07) is 0. The number of hydrogen-bond acceptors (Lipinski definition) is 4. The first kappa shape index (κ1) is 11.9. The van der Waals surface area contributed by atoms with Gasteiger partial charge in [0.25, 0.3) is 0 Å². The Balaban J connectivity index is 1.79. The zero-order valence-corrected chi connectivity index (χ0v) is 9.87. The Kier molecular flexibility index (Phi) is 3.63. The molecule has 94 valence electrons. The molecule has 0 aliphatic carbocycles. The molecule has 1 fully saturated rings. The number of carboxylic acid groups (broad SMARTS) is 1. The van der Waals surface area contributed by atoms with E-state index in [1.54, 1.807) is 12.4 Å². The van der Waals surface area contributed by atoms with Crippen molar-refractivity contribution in [3.05, 3.63) is 12.4 Å². The number of likely N-dealkylation sites (tertiary alicyclic amines) is 1. The molecule has 1 saturated heterocycles. The zero-order chi connectivity index (χ0) is 12.3. The Bertz CT molecular complexity index is 391. The predicted molar refractivity (Wildman–Crippen MR) is 61.0 cm³/mol. The van der Waals surface area contributed by atoms with Crippen LogP contribution in [0.25, 0.3) is 0 Å². The standard InChI is InChI=1S/C11H17N3O3/c1-13-3-2-9(5-13)8-17-10-4-12-14(6-10)7-11(15)16/h4,6,9H,2-3,5,7-8H2,1H3,(H,15,16). The van der Waals surface area contributed by atoms with Crippen molar-refractivity contribution in [2.75, 3.05) is 26.7 Å². The molecule has 1 aliphatic rings. The lowest BCUT2D eigenvalue weighted by Gasteiger charge is -2.10. The molecule has 1 N–H and O–H groups in total.